The van der Waals surface area contributed by atoms with Crippen LogP contribution in [-0.2, 0) is 0 Å². The van der Waals surface area contributed by atoms with Crippen molar-refractivity contribution in [1.82, 2.24) is 10.2 Å². The van der Waals surface area contributed by atoms with E-state index in [1.807, 2.05) is 83.0 Å². The van der Waals surface area contributed by atoms with Crippen LogP contribution < -0.4 is 0 Å². The third kappa shape index (κ3) is 3.71. The Bertz CT molecular complexity index is 1310. The van der Waals surface area contributed by atoms with E-state index in [1.165, 1.54) is 0 Å². The van der Waals surface area contributed by atoms with Crippen LogP contribution in [0.25, 0.3) is 11.4 Å². The molecule has 0 atom stereocenters. The Morgan fingerprint density at radius 1 is 0.353 bits per heavy atom. The molecule has 0 saturated carbocycles. The molecule has 0 unspecified atom stereocenters. The lowest BCUT2D eigenvalue weighted by Crippen LogP contribution is -2.40. The smallest absolute Gasteiger partial charge is 0.0951 e. The second-order valence-corrected chi connectivity index (χ2v) is 8.07. The van der Waals surface area contributed by atoms with Crippen molar-refractivity contribution < 1.29 is 0 Å². The second-order valence-electron chi connectivity index (χ2n) is 8.07. The highest BCUT2D eigenvalue weighted by Gasteiger charge is 2.31. The number of hydrogen-bond donors (Lipinski definition) is 0. The summed E-state index contributed by atoms with van der Waals surface area (Å²) in [5.74, 6) is 0. The summed E-state index contributed by atoms with van der Waals surface area (Å²) in [6.45, 7) is 0. The number of hydrogen-bond acceptors (Lipinski definition) is 4. The number of fused-ring (bicyclic) bond motifs is 1. The van der Waals surface area contributed by atoms with E-state index in [9.17, 15) is 0 Å². The molecular formula is C30H22N4. The Balaban J connectivity index is 1.57. The van der Waals surface area contributed by atoms with Crippen molar-refractivity contribution >= 4 is 22.8 Å². The maximum absolute atomic E-state index is 5.06. The van der Waals surface area contributed by atoms with Crippen LogP contribution in [0.1, 0.15) is 22.3 Å². The van der Waals surface area contributed by atoms with Crippen molar-refractivity contribution in [3.63, 3.8) is 0 Å². The van der Waals surface area contributed by atoms with Gasteiger partial charge < -0.3 is 0 Å². The van der Waals surface area contributed by atoms with Crippen molar-refractivity contribution in [3.05, 3.63) is 156 Å². The van der Waals surface area contributed by atoms with Gasteiger partial charge in [0.1, 0.15) is 0 Å². The van der Waals surface area contributed by atoms with E-state index in [-0.39, 0.29) is 0 Å². The Kier molecular flexibility index (Phi) is 5.09. The minimum absolute atomic E-state index is 0.885. The normalized spacial score (nSPS) is 15.1. The molecule has 34 heavy (non-hydrogen) atoms. The second kappa shape index (κ2) is 8.68. The molecule has 0 bridgehead atoms. The largest absolute Gasteiger partial charge is 0.150 e. The van der Waals surface area contributed by atoms with E-state index >= 15 is 0 Å². The van der Waals surface area contributed by atoms with Gasteiger partial charge in [0.25, 0.3) is 0 Å². The fourth-order valence-corrected chi connectivity index (χ4v) is 4.15. The summed E-state index contributed by atoms with van der Waals surface area (Å²) < 4.78 is 0. The average molecular weight is 439 g/mol. The van der Waals surface area contributed by atoms with Crippen LogP contribution in [0.3, 0.4) is 0 Å². The molecule has 0 radical (unpaired) electrons. The lowest BCUT2D eigenvalue weighted by molar-refractivity contribution is 0.108. The Hall–Kier alpha value is -4.70. The minimum atomic E-state index is 0.885. The van der Waals surface area contributed by atoms with Crippen molar-refractivity contribution in [3.8, 4) is 0 Å². The lowest BCUT2D eigenvalue weighted by atomic mass is 10.0. The summed E-state index contributed by atoms with van der Waals surface area (Å²) in [4.78, 5) is 0. The lowest BCUT2D eigenvalue weighted by Gasteiger charge is -2.39. The average Bonchev–Trinajstić information content (AvgIpc) is 2.94. The van der Waals surface area contributed by atoms with Crippen molar-refractivity contribution in [2.75, 3.05) is 0 Å². The maximum atomic E-state index is 5.06. The van der Waals surface area contributed by atoms with Crippen molar-refractivity contribution in [1.29, 1.82) is 0 Å². The van der Waals surface area contributed by atoms with E-state index < -0.39 is 0 Å². The monoisotopic (exact) mass is 438 g/mol. The van der Waals surface area contributed by atoms with Crippen molar-refractivity contribution in [2.24, 2.45) is 10.2 Å². The first-order valence-electron chi connectivity index (χ1n) is 11.3. The molecule has 2 heterocycles. The molecule has 0 aromatic heterocycles. The number of rotatable bonds is 4. The number of allylic oxidation sites excluding steroid dienone is 2. The quantitative estimate of drug-likeness (QED) is 0.368. The topological polar surface area (TPSA) is 31.2 Å². The highest BCUT2D eigenvalue weighted by molar-refractivity contribution is 6.15. The molecule has 4 heteroatoms. The van der Waals surface area contributed by atoms with Crippen LogP contribution in [-0.4, -0.2) is 21.7 Å². The number of nitrogens with zero attached hydrogens (tertiary/aromatic N) is 4. The molecule has 0 spiro atoms. The number of benzene rings is 4. The summed E-state index contributed by atoms with van der Waals surface area (Å²) >= 11 is 0. The predicted molar refractivity (Wildman–Crippen MR) is 138 cm³/mol. The van der Waals surface area contributed by atoms with Gasteiger partial charge in [-0.25, -0.2) is 0 Å². The van der Waals surface area contributed by atoms with E-state index in [2.05, 4.69) is 60.7 Å². The fourth-order valence-electron chi connectivity index (χ4n) is 4.15. The molecule has 4 nitrogen and oxygen atoms in total. The van der Waals surface area contributed by atoms with Gasteiger partial charge in [-0.15, -0.1) is 20.4 Å². The zero-order valence-electron chi connectivity index (χ0n) is 18.5. The summed E-state index contributed by atoms with van der Waals surface area (Å²) in [7, 11) is 0. The predicted octanol–water partition coefficient (Wildman–Crippen LogP) is 6.42. The first kappa shape index (κ1) is 19.9. The highest BCUT2D eigenvalue weighted by Crippen LogP contribution is 2.36. The molecule has 0 aliphatic carbocycles. The van der Waals surface area contributed by atoms with Gasteiger partial charge in [0.05, 0.1) is 22.8 Å². The van der Waals surface area contributed by atoms with Gasteiger partial charge in [-0.2, -0.15) is 0 Å². The minimum Gasteiger partial charge on any atom is -0.150 e. The van der Waals surface area contributed by atoms with Gasteiger partial charge >= 0.3 is 0 Å². The molecule has 0 saturated heterocycles. The summed E-state index contributed by atoms with van der Waals surface area (Å²) in [6.07, 6.45) is 4.22. The number of hydrazone groups is 2. The molecule has 6 rings (SSSR count). The zero-order valence-corrected chi connectivity index (χ0v) is 18.5. The van der Waals surface area contributed by atoms with Gasteiger partial charge in [-0.1, -0.05) is 121 Å². The van der Waals surface area contributed by atoms with Crippen LogP contribution in [0.5, 0.6) is 0 Å². The van der Waals surface area contributed by atoms with Gasteiger partial charge in [-0.05, 0) is 12.2 Å². The van der Waals surface area contributed by atoms with Gasteiger partial charge in [-0.3, -0.25) is 0 Å². The summed E-state index contributed by atoms with van der Waals surface area (Å²) in [5, 5.41) is 13.9. The number of hydrazine groups is 1. The standard InChI is InChI=1S/C30H22N4/c1-5-13-23(14-6-1)27-21-29(25-17-9-3-10-18-25)34-32-28(24-15-7-2-8-16-24)22-30(33(34)31-27)26-19-11-4-12-20-26/h1-22H. The van der Waals surface area contributed by atoms with Gasteiger partial charge in [0.2, 0.25) is 0 Å². The molecule has 0 fully saturated rings. The van der Waals surface area contributed by atoms with Crippen LogP contribution in [0.2, 0.25) is 0 Å². The first-order valence-corrected chi connectivity index (χ1v) is 11.3. The van der Waals surface area contributed by atoms with Gasteiger partial charge in [0, 0.05) is 22.3 Å². The molecule has 162 valence electrons. The molecule has 4 aromatic carbocycles. The summed E-state index contributed by atoms with van der Waals surface area (Å²) in [6, 6.07) is 41.2. The van der Waals surface area contributed by atoms with Crippen LogP contribution >= 0.6 is 0 Å². The van der Waals surface area contributed by atoms with Crippen LogP contribution in [0.15, 0.2) is 144 Å². The Morgan fingerprint density at radius 3 is 0.971 bits per heavy atom. The third-order valence-corrected chi connectivity index (χ3v) is 5.84. The van der Waals surface area contributed by atoms with E-state index in [4.69, 9.17) is 10.2 Å². The SMILES string of the molecule is C1=C(c2ccccc2)N2N=C(c3ccccc3)C=C(c3ccccc3)N2N=C1c1ccccc1. The molecular weight excluding hydrogens is 416 g/mol. The Morgan fingerprint density at radius 2 is 0.647 bits per heavy atom. The summed E-state index contributed by atoms with van der Waals surface area (Å²) in [5.41, 5.74) is 7.95. The van der Waals surface area contributed by atoms with E-state index in [1.54, 1.807) is 0 Å². The maximum Gasteiger partial charge on any atom is 0.0951 e. The van der Waals surface area contributed by atoms with Crippen LogP contribution in [0, 0.1) is 0 Å². The highest BCUT2D eigenvalue weighted by atomic mass is 15.9. The van der Waals surface area contributed by atoms with E-state index in [0.29, 0.717) is 0 Å². The van der Waals surface area contributed by atoms with Crippen LogP contribution in [0.4, 0.5) is 0 Å². The third-order valence-electron chi connectivity index (χ3n) is 5.84. The molecule has 2 aliphatic rings. The Labute approximate surface area is 199 Å². The zero-order chi connectivity index (χ0) is 22.7. The molecule has 0 N–H and O–H groups in total. The van der Waals surface area contributed by atoms with Crippen molar-refractivity contribution in [2.45, 2.75) is 0 Å². The first-order chi connectivity index (χ1) is 16.9. The van der Waals surface area contributed by atoms with Gasteiger partial charge in [0.15, 0.2) is 0 Å². The molecule has 4 aromatic rings. The fraction of sp³-hybridized carbons (Fsp3) is 0. The molecule has 2 aliphatic heterocycles. The molecule has 0 amide bonds. The van der Waals surface area contributed by atoms with E-state index in [0.717, 1.165) is 45.1 Å².